The van der Waals surface area contributed by atoms with Gasteiger partial charge in [-0.1, -0.05) is 18.2 Å². The topological polar surface area (TPSA) is 67.4 Å². The van der Waals surface area contributed by atoms with Crippen molar-refractivity contribution in [3.63, 3.8) is 0 Å². The molecule has 1 fully saturated rings. The highest BCUT2D eigenvalue weighted by Gasteiger charge is 2.18. The van der Waals surface area contributed by atoms with Crippen LogP contribution >= 0.6 is 0 Å². The molecule has 1 aliphatic heterocycles. The van der Waals surface area contributed by atoms with Crippen LogP contribution < -0.4 is 10.6 Å². The van der Waals surface area contributed by atoms with Crippen LogP contribution in [-0.2, 0) is 20.7 Å². The Bertz CT molecular complexity index is 501. The molecule has 0 saturated carbocycles. The van der Waals surface area contributed by atoms with Crippen LogP contribution in [0.4, 0.5) is 4.39 Å². The predicted octanol–water partition coefficient (Wildman–Crippen LogP) is 0.780. The lowest BCUT2D eigenvalue weighted by Crippen LogP contribution is -2.43. The van der Waals surface area contributed by atoms with Crippen molar-refractivity contribution in [2.45, 2.75) is 25.4 Å². The molecule has 0 spiro atoms. The van der Waals surface area contributed by atoms with Crippen LogP contribution in [0.2, 0.25) is 0 Å². The molecule has 21 heavy (non-hydrogen) atoms. The summed E-state index contributed by atoms with van der Waals surface area (Å²) in [6.07, 6.45) is 2.22. The van der Waals surface area contributed by atoms with E-state index in [1.165, 1.54) is 6.07 Å². The van der Waals surface area contributed by atoms with Crippen molar-refractivity contribution in [3.05, 3.63) is 35.6 Å². The molecule has 114 valence electrons. The van der Waals surface area contributed by atoms with Crippen molar-refractivity contribution in [2.75, 3.05) is 19.7 Å². The molecule has 5 nitrogen and oxygen atoms in total. The highest BCUT2D eigenvalue weighted by Crippen LogP contribution is 2.10. The molecule has 1 aliphatic rings. The number of carbonyl (C=O) groups excluding carboxylic acids is 2. The molecule has 0 aromatic heterocycles. The number of hydrogen-bond donors (Lipinski definition) is 2. The summed E-state index contributed by atoms with van der Waals surface area (Å²) in [5.74, 6) is -1.70. The molecule has 2 rings (SSSR count). The first kappa shape index (κ1) is 15.4. The van der Waals surface area contributed by atoms with Crippen molar-refractivity contribution in [1.82, 2.24) is 10.6 Å². The van der Waals surface area contributed by atoms with Gasteiger partial charge in [-0.05, 0) is 30.9 Å². The Kier molecular flexibility index (Phi) is 5.68. The van der Waals surface area contributed by atoms with E-state index in [0.29, 0.717) is 25.1 Å². The van der Waals surface area contributed by atoms with Gasteiger partial charge in [-0.3, -0.25) is 9.59 Å². The number of ether oxygens (including phenoxy) is 1. The fourth-order valence-corrected chi connectivity index (χ4v) is 2.18. The minimum Gasteiger partial charge on any atom is -0.376 e. The van der Waals surface area contributed by atoms with Gasteiger partial charge in [0.25, 0.3) is 0 Å². The molecule has 1 atom stereocenters. The Labute approximate surface area is 122 Å². The summed E-state index contributed by atoms with van der Waals surface area (Å²) in [6, 6.07) is 6.36. The highest BCUT2D eigenvalue weighted by atomic mass is 19.1. The van der Waals surface area contributed by atoms with Gasteiger partial charge in [0, 0.05) is 19.7 Å². The number of carbonyl (C=O) groups is 2. The van der Waals surface area contributed by atoms with Gasteiger partial charge in [0.05, 0.1) is 6.10 Å². The van der Waals surface area contributed by atoms with Gasteiger partial charge in [0.1, 0.15) is 5.82 Å². The zero-order chi connectivity index (χ0) is 15.1. The maximum Gasteiger partial charge on any atom is 0.309 e. The Balaban J connectivity index is 1.66. The molecule has 2 N–H and O–H groups in total. The van der Waals surface area contributed by atoms with E-state index >= 15 is 0 Å². The van der Waals surface area contributed by atoms with Gasteiger partial charge in [0.15, 0.2) is 0 Å². The van der Waals surface area contributed by atoms with Gasteiger partial charge in [-0.15, -0.1) is 0 Å². The number of hydrogen-bond acceptors (Lipinski definition) is 3. The van der Waals surface area contributed by atoms with E-state index in [2.05, 4.69) is 10.6 Å². The number of nitrogens with one attached hydrogen (secondary N) is 2. The first-order valence-electron chi connectivity index (χ1n) is 7.08. The molecule has 1 unspecified atom stereocenters. The van der Waals surface area contributed by atoms with Gasteiger partial charge < -0.3 is 15.4 Å². The fourth-order valence-electron chi connectivity index (χ4n) is 2.18. The average molecular weight is 294 g/mol. The van der Waals surface area contributed by atoms with E-state index in [4.69, 9.17) is 4.74 Å². The van der Waals surface area contributed by atoms with Crippen LogP contribution in [0.1, 0.15) is 18.4 Å². The third-order valence-electron chi connectivity index (χ3n) is 3.36. The fraction of sp³-hybridized carbons (Fsp3) is 0.467. The van der Waals surface area contributed by atoms with Crippen LogP contribution in [-0.4, -0.2) is 37.6 Å². The van der Waals surface area contributed by atoms with E-state index in [1.807, 2.05) is 0 Å². The Morgan fingerprint density at radius 1 is 1.24 bits per heavy atom. The number of amides is 2. The van der Waals surface area contributed by atoms with Crippen LogP contribution in [0, 0.1) is 5.82 Å². The summed E-state index contributed by atoms with van der Waals surface area (Å²) in [5.41, 5.74) is 0.512. The summed E-state index contributed by atoms with van der Waals surface area (Å²) in [5, 5.41) is 5.01. The van der Waals surface area contributed by atoms with Gasteiger partial charge in [-0.25, -0.2) is 4.39 Å². The monoisotopic (exact) mass is 294 g/mol. The standard InChI is InChI=1S/C15H19FN2O3/c16-13-6-2-1-4-11(13)7-8-17-14(19)15(20)18-10-12-5-3-9-21-12/h1-2,4,6,12H,3,5,7-10H2,(H,17,19)(H,18,20). The zero-order valence-corrected chi connectivity index (χ0v) is 11.7. The second-order valence-electron chi connectivity index (χ2n) is 4.94. The predicted molar refractivity (Wildman–Crippen MR) is 75.1 cm³/mol. The second-order valence-corrected chi connectivity index (χ2v) is 4.94. The third-order valence-corrected chi connectivity index (χ3v) is 3.36. The van der Waals surface area contributed by atoms with E-state index < -0.39 is 11.8 Å². The number of benzene rings is 1. The smallest absolute Gasteiger partial charge is 0.309 e. The van der Waals surface area contributed by atoms with Crippen LogP contribution in [0.5, 0.6) is 0 Å². The molecule has 2 amide bonds. The van der Waals surface area contributed by atoms with Crippen LogP contribution in [0.25, 0.3) is 0 Å². The largest absolute Gasteiger partial charge is 0.376 e. The molecule has 1 aromatic rings. The van der Waals surface area contributed by atoms with Crippen LogP contribution in [0.3, 0.4) is 0 Å². The normalized spacial score (nSPS) is 17.5. The molecular formula is C15H19FN2O3. The summed E-state index contributed by atoms with van der Waals surface area (Å²) in [7, 11) is 0. The average Bonchev–Trinajstić information content (AvgIpc) is 3.00. The van der Waals surface area contributed by atoms with E-state index in [-0.39, 0.29) is 18.5 Å². The van der Waals surface area contributed by atoms with E-state index in [9.17, 15) is 14.0 Å². The quantitative estimate of drug-likeness (QED) is 0.789. The van der Waals surface area contributed by atoms with E-state index in [1.54, 1.807) is 18.2 Å². The molecule has 6 heteroatoms. The molecule has 1 aromatic carbocycles. The summed E-state index contributed by atoms with van der Waals surface area (Å²) >= 11 is 0. The molecule has 1 heterocycles. The molecular weight excluding hydrogens is 275 g/mol. The van der Waals surface area contributed by atoms with E-state index in [0.717, 1.165) is 12.8 Å². The maximum atomic E-state index is 13.4. The van der Waals surface area contributed by atoms with Crippen molar-refractivity contribution in [2.24, 2.45) is 0 Å². The first-order valence-corrected chi connectivity index (χ1v) is 7.08. The molecule has 0 radical (unpaired) electrons. The summed E-state index contributed by atoms with van der Waals surface area (Å²) in [4.78, 5) is 23.1. The van der Waals surface area contributed by atoms with Gasteiger partial charge in [0.2, 0.25) is 0 Å². The zero-order valence-electron chi connectivity index (χ0n) is 11.7. The summed E-state index contributed by atoms with van der Waals surface area (Å²) < 4.78 is 18.7. The lowest BCUT2D eigenvalue weighted by atomic mass is 10.1. The van der Waals surface area contributed by atoms with Crippen molar-refractivity contribution >= 4 is 11.8 Å². The van der Waals surface area contributed by atoms with Crippen molar-refractivity contribution in [3.8, 4) is 0 Å². The first-order chi connectivity index (χ1) is 10.2. The molecule has 1 saturated heterocycles. The Hall–Kier alpha value is -1.95. The van der Waals surface area contributed by atoms with Gasteiger partial charge >= 0.3 is 11.8 Å². The summed E-state index contributed by atoms with van der Waals surface area (Å²) in [6.45, 7) is 1.27. The third kappa shape index (κ3) is 4.82. The highest BCUT2D eigenvalue weighted by molar-refractivity contribution is 6.35. The number of rotatable bonds is 5. The van der Waals surface area contributed by atoms with Crippen LogP contribution in [0.15, 0.2) is 24.3 Å². The lowest BCUT2D eigenvalue weighted by Gasteiger charge is -2.10. The lowest BCUT2D eigenvalue weighted by molar-refractivity contribution is -0.139. The molecule has 0 bridgehead atoms. The van der Waals surface area contributed by atoms with Gasteiger partial charge in [-0.2, -0.15) is 0 Å². The minimum absolute atomic E-state index is 0.000152. The second kappa shape index (κ2) is 7.73. The maximum absolute atomic E-state index is 13.4. The number of halogens is 1. The Morgan fingerprint density at radius 2 is 2.00 bits per heavy atom. The molecule has 0 aliphatic carbocycles. The van der Waals surface area contributed by atoms with Crippen molar-refractivity contribution in [1.29, 1.82) is 0 Å². The van der Waals surface area contributed by atoms with Crippen molar-refractivity contribution < 1.29 is 18.7 Å². The Morgan fingerprint density at radius 3 is 2.71 bits per heavy atom. The SMILES string of the molecule is O=C(NCCc1ccccc1F)C(=O)NCC1CCCO1. The minimum atomic E-state index is -0.704.